The molecule has 0 radical (unpaired) electrons. The van der Waals surface area contributed by atoms with E-state index >= 15 is 0 Å². The Morgan fingerprint density at radius 1 is 1.32 bits per heavy atom. The Bertz CT molecular complexity index is 839. The lowest BCUT2D eigenvalue weighted by Crippen LogP contribution is -2.50. The maximum atomic E-state index is 13.0. The smallest absolute Gasteiger partial charge is 0.324 e. The number of terminal acetylenes is 1. The minimum Gasteiger partial charge on any atom is -0.324 e. The number of urea groups is 1. The number of amides is 4. The summed E-state index contributed by atoms with van der Waals surface area (Å²) in [5, 5.41) is 5.55. The molecule has 1 saturated carbocycles. The van der Waals surface area contributed by atoms with Gasteiger partial charge in [0.05, 0.1) is 0 Å². The normalized spacial score (nSPS) is 24.8. The molecule has 1 heterocycles. The van der Waals surface area contributed by atoms with E-state index in [1.165, 1.54) is 0 Å². The van der Waals surface area contributed by atoms with Crippen molar-refractivity contribution in [1.82, 2.24) is 10.2 Å². The number of hydrogen-bond acceptors (Lipinski definition) is 3. The maximum Gasteiger partial charge on any atom is 0.325 e. The number of carbonyl (C=O) groups excluding carboxylic acids is 3. The van der Waals surface area contributed by atoms with Crippen molar-refractivity contribution < 1.29 is 14.4 Å². The SMILES string of the molecule is C#Cc1cccc(NC(=O)CN2C(=O)NC3(CCC(C(C)(C)C)CC3)C2=O)c1. The molecular formula is C22H27N3O3. The van der Waals surface area contributed by atoms with Crippen molar-refractivity contribution in [1.29, 1.82) is 0 Å². The minimum atomic E-state index is -0.859. The fourth-order valence-electron chi connectivity index (χ4n) is 4.17. The summed E-state index contributed by atoms with van der Waals surface area (Å²) in [5.74, 6) is 2.29. The van der Waals surface area contributed by atoms with E-state index < -0.39 is 17.5 Å². The zero-order valence-electron chi connectivity index (χ0n) is 16.7. The molecule has 1 spiro atoms. The monoisotopic (exact) mass is 381 g/mol. The van der Waals surface area contributed by atoms with Crippen molar-refractivity contribution in [3.8, 4) is 12.3 Å². The minimum absolute atomic E-state index is 0.180. The van der Waals surface area contributed by atoms with Crippen LogP contribution in [0, 0.1) is 23.7 Å². The summed E-state index contributed by atoms with van der Waals surface area (Å²) in [7, 11) is 0. The summed E-state index contributed by atoms with van der Waals surface area (Å²) in [6.45, 7) is 6.30. The fraction of sp³-hybridized carbons (Fsp3) is 0.500. The van der Waals surface area contributed by atoms with Crippen molar-refractivity contribution in [2.24, 2.45) is 11.3 Å². The lowest BCUT2D eigenvalue weighted by atomic mass is 9.67. The molecule has 3 rings (SSSR count). The first-order chi connectivity index (χ1) is 13.1. The fourth-order valence-corrected chi connectivity index (χ4v) is 4.17. The predicted octanol–water partition coefficient (Wildman–Crippen LogP) is 3.13. The van der Waals surface area contributed by atoms with Gasteiger partial charge in [0.25, 0.3) is 5.91 Å². The molecule has 1 saturated heterocycles. The Hall–Kier alpha value is -2.81. The first-order valence-corrected chi connectivity index (χ1v) is 9.65. The highest BCUT2D eigenvalue weighted by Gasteiger charge is 2.53. The first-order valence-electron chi connectivity index (χ1n) is 9.65. The van der Waals surface area contributed by atoms with Gasteiger partial charge in [-0.15, -0.1) is 6.42 Å². The lowest BCUT2D eigenvalue weighted by Gasteiger charge is -2.40. The Morgan fingerprint density at radius 3 is 2.61 bits per heavy atom. The molecule has 28 heavy (non-hydrogen) atoms. The molecule has 0 bridgehead atoms. The van der Waals surface area contributed by atoms with Crippen molar-refractivity contribution in [3.63, 3.8) is 0 Å². The van der Waals surface area contributed by atoms with Crippen LogP contribution in [0.5, 0.6) is 0 Å². The summed E-state index contributed by atoms with van der Waals surface area (Å²) < 4.78 is 0. The summed E-state index contributed by atoms with van der Waals surface area (Å²) in [4.78, 5) is 38.8. The van der Waals surface area contributed by atoms with Gasteiger partial charge in [-0.05, 0) is 55.2 Å². The molecule has 1 aromatic rings. The van der Waals surface area contributed by atoms with Crippen LogP contribution in [0.1, 0.15) is 52.0 Å². The average molecular weight is 381 g/mol. The van der Waals surface area contributed by atoms with Crippen LogP contribution >= 0.6 is 0 Å². The number of nitrogens with one attached hydrogen (secondary N) is 2. The van der Waals surface area contributed by atoms with Gasteiger partial charge in [0.15, 0.2) is 0 Å². The van der Waals surface area contributed by atoms with E-state index in [-0.39, 0.29) is 17.9 Å². The summed E-state index contributed by atoms with van der Waals surface area (Å²) in [5.41, 5.74) is 0.498. The van der Waals surface area contributed by atoms with Crippen molar-refractivity contribution in [2.45, 2.75) is 52.0 Å². The number of rotatable bonds is 3. The van der Waals surface area contributed by atoms with Crippen LogP contribution in [0.25, 0.3) is 0 Å². The molecular weight excluding hydrogens is 354 g/mol. The Labute approximate surface area is 166 Å². The van der Waals surface area contributed by atoms with Crippen LogP contribution in [0.2, 0.25) is 0 Å². The van der Waals surface area contributed by atoms with E-state index in [4.69, 9.17) is 6.42 Å². The molecule has 2 fully saturated rings. The molecule has 0 atom stereocenters. The highest BCUT2D eigenvalue weighted by atomic mass is 16.2. The highest BCUT2D eigenvalue weighted by molar-refractivity contribution is 6.10. The summed E-state index contributed by atoms with van der Waals surface area (Å²) in [6.07, 6.45) is 8.36. The summed E-state index contributed by atoms with van der Waals surface area (Å²) >= 11 is 0. The van der Waals surface area contributed by atoms with Crippen LogP contribution < -0.4 is 10.6 Å². The Kier molecular flexibility index (Phi) is 5.20. The van der Waals surface area contributed by atoms with Gasteiger partial charge >= 0.3 is 6.03 Å². The van der Waals surface area contributed by atoms with Crippen LogP contribution in [0.3, 0.4) is 0 Å². The van der Waals surface area contributed by atoms with Crippen LogP contribution in [-0.4, -0.2) is 34.8 Å². The predicted molar refractivity (Wildman–Crippen MR) is 107 cm³/mol. The zero-order chi connectivity index (χ0) is 20.5. The van der Waals surface area contributed by atoms with Crippen LogP contribution in [0.4, 0.5) is 10.5 Å². The zero-order valence-corrected chi connectivity index (χ0v) is 16.7. The van der Waals surface area contributed by atoms with E-state index in [2.05, 4.69) is 37.3 Å². The molecule has 4 amide bonds. The van der Waals surface area contributed by atoms with Gasteiger partial charge in [0.1, 0.15) is 12.1 Å². The largest absolute Gasteiger partial charge is 0.325 e. The van der Waals surface area contributed by atoms with Gasteiger partial charge in [0, 0.05) is 11.3 Å². The lowest BCUT2D eigenvalue weighted by molar-refractivity contribution is -0.135. The second-order valence-corrected chi connectivity index (χ2v) is 8.82. The number of nitrogens with zero attached hydrogens (tertiary/aromatic N) is 1. The quantitative estimate of drug-likeness (QED) is 0.624. The molecule has 0 aromatic heterocycles. The van der Waals surface area contributed by atoms with Gasteiger partial charge in [-0.25, -0.2) is 4.79 Å². The number of hydrogen-bond donors (Lipinski definition) is 2. The number of carbonyl (C=O) groups is 3. The third-order valence-corrected chi connectivity index (χ3v) is 5.92. The molecule has 0 unspecified atom stereocenters. The molecule has 2 N–H and O–H groups in total. The van der Waals surface area contributed by atoms with Gasteiger partial charge in [-0.1, -0.05) is 32.8 Å². The van der Waals surface area contributed by atoms with Crippen molar-refractivity contribution in [3.05, 3.63) is 29.8 Å². The number of imide groups is 1. The van der Waals surface area contributed by atoms with Gasteiger partial charge in [0.2, 0.25) is 5.91 Å². The molecule has 148 valence electrons. The van der Waals surface area contributed by atoms with Gasteiger partial charge < -0.3 is 10.6 Å². The molecule has 1 aliphatic heterocycles. The third-order valence-electron chi connectivity index (χ3n) is 5.92. The van der Waals surface area contributed by atoms with Crippen LogP contribution in [0.15, 0.2) is 24.3 Å². The van der Waals surface area contributed by atoms with E-state index in [0.29, 0.717) is 30.0 Å². The number of benzene rings is 1. The number of anilines is 1. The van der Waals surface area contributed by atoms with Gasteiger partial charge in [-0.3, -0.25) is 14.5 Å². The molecule has 1 aromatic carbocycles. The molecule has 1 aliphatic carbocycles. The maximum absolute atomic E-state index is 13.0. The third kappa shape index (κ3) is 3.89. The summed E-state index contributed by atoms with van der Waals surface area (Å²) in [6, 6.07) is 6.37. The standard InChI is InChI=1S/C22H27N3O3/c1-5-15-7-6-8-17(13-15)23-18(26)14-25-19(27)22(24-20(25)28)11-9-16(10-12-22)21(2,3)4/h1,6-8,13,16H,9-12,14H2,2-4H3,(H,23,26)(H,24,28). The van der Waals surface area contributed by atoms with Crippen LogP contribution in [-0.2, 0) is 9.59 Å². The van der Waals surface area contributed by atoms with Crippen molar-refractivity contribution in [2.75, 3.05) is 11.9 Å². The average Bonchev–Trinajstić information content (AvgIpc) is 2.85. The van der Waals surface area contributed by atoms with E-state index in [1.54, 1.807) is 24.3 Å². The van der Waals surface area contributed by atoms with E-state index in [0.717, 1.165) is 17.7 Å². The van der Waals surface area contributed by atoms with E-state index in [9.17, 15) is 14.4 Å². The Morgan fingerprint density at radius 2 is 2.00 bits per heavy atom. The first kappa shape index (κ1) is 19.9. The second-order valence-electron chi connectivity index (χ2n) is 8.82. The van der Waals surface area contributed by atoms with Gasteiger partial charge in [-0.2, -0.15) is 0 Å². The molecule has 6 heteroatoms. The molecule has 2 aliphatic rings. The molecule has 6 nitrogen and oxygen atoms in total. The second kappa shape index (κ2) is 7.31. The van der Waals surface area contributed by atoms with E-state index in [1.807, 2.05) is 0 Å². The van der Waals surface area contributed by atoms with Crippen molar-refractivity contribution >= 4 is 23.5 Å². The topological polar surface area (TPSA) is 78.5 Å². The Balaban J connectivity index is 1.64. The highest BCUT2D eigenvalue weighted by Crippen LogP contribution is 2.43.